The highest BCUT2D eigenvalue weighted by molar-refractivity contribution is 5.22. The lowest BCUT2D eigenvalue weighted by atomic mass is 10.0. The Bertz CT molecular complexity index is 562. The average molecular weight is 276 g/mol. The van der Waals surface area contributed by atoms with Crippen LogP contribution in [0.3, 0.4) is 0 Å². The van der Waals surface area contributed by atoms with Crippen molar-refractivity contribution in [3.05, 3.63) is 95.6 Å². The fraction of sp³-hybridized carbons (Fsp3) is 0.238. The Morgan fingerprint density at radius 2 is 1.38 bits per heavy atom. The highest BCUT2D eigenvalue weighted by Gasteiger charge is 1.95. The van der Waals surface area contributed by atoms with Crippen molar-refractivity contribution in [2.24, 2.45) is 0 Å². The smallest absolute Gasteiger partial charge is 0.0238 e. The Morgan fingerprint density at radius 3 is 1.95 bits per heavy atom. The van der Waals surface area contributed by atoms with E-state index in [2.05, 4.69) is 85.8 Å². The van der Waals surface area contributed by atoms with Crippen LogP contribution in [0.5, 0.6) is 0 Å². The van der Waals surface area contributed by atoms with Crippen LogP contribution in [0.1, 0.15) is 30.9 Å². The van der Waals surface area contributed by atoms with E-state index in [0.717, 1.165) is 25.7 Å². The van der Waals surface area contributed by atoms with Gasteiger partial charge in [0.05, 0.1) is 0 Å². The van der Waals surface area contributed by atoms with Crippen molar-refractivity contribution in [2.45, 2.75) is 32.6 Å². The first-order valence-corrected chi connectivity index (χ1v) is 7.78. The van der Waals surface area contributed by atoms with Crippen LogP contribution in [-0.2, 0) is 12.8 Å². The Morgan fingerprint density at radius 1 is 0.810 bits per heavy atom. The zero-order valence-corrected chi connectivity index (χ0v) is 12.8. The molecule has 0 fully saturated rings. The summed E-state index contributed by atoms with van der Waals surface area (Å²) >= 11 is 0. The molecule has 0 aromatic heterocycles. The number of rotatable bonds is 7. The van der Waals surface area contributed by atoms with Crippen LogP contribution in [0, 0.1) is 0 Å². The molecule has 0 saturated carbocycles. The molecule has 108 valence electrons. The SMILES string of the molecule is C/C=C(/C=C/CCc1ccccc1)CCc1ccccc1. The summed E-state index contributed by atoms with van der Waals surface area (Å²) in [5.41, 5.74) is 4.25. The van der Waals surface area contributed by atoms with Crippen LogP contribution < -0.4 is 0 Å². The van der Waals surface area contributed by atoms with Gasteiger partial charge in [-0.25, -0.2) is 0 Å². The Labute approximate surface area is 128 Å². The van der Waals surface area contributed by atoms with Gasteiger partial charge >= 0.3 is 0 Å². The quantitative estimate of drug-likeness (QED) is 0.564. The van der Waals surface area contributed by atoms with Gasteiger partial charge in [0.15, 0.2) is 0 Å². The molecule has 0 radical (unpaired) electrons. The van der Waals surface area contributed by atoms with E-state index in [4.69, 9.17) is 0 Å². The summed E-state index contributed by atoms with van der Waals surface area (Å²) in [6, 6.07) is 21.4. The second-order valence-corrected chi connectivity index (χ2v) is 5.28. The first-order valence-electron chi connectivity index (χ1n) is 7.78. The predicted octanol–water partition coefficient (Wildman–Crippen LogP) is 5.75. The van der Waals surface area contributed by atoms with E-state index in [1.54, 1.807) is 0 Å². The summed E-state index contributed by atoms with van der Waals surface area (Å²) in [5.74, 6) is 0. The van der Waals surface area contributed by atoms with Crippen LogP contribution in [-0.4, -0.2) is 0 Å². The largest absolute Gasteiger partial charge is 0.0844 e. The molecular weight excluding hydrogens is 252 g/mol. The van der Waals surface area contributed by atoms with Crippen molar-refractivity contribution in [3.63, 3.8) is 0 Å². The summed E-state index contributed by atoms with van der Waals surface area (Å²) in [5, 5.41) is 0. The lowest BCUT2D eigenvalue weighted by Crippen LogP contribution is -1.87. The predicted molar refractivity (Wildman–Crippen MR) is 92.4 cm³/mol. The van der Waals surface area contributed by atoms with Crippen LogP contribution in [0.15, 0.2) is 84.5 Å². The first-order chi connectivity index (χ1) is 10.4. The van der Waals surface area contributed by atoms with Gasteiger partial charge in [-0.2, -0.15) is 0 Å². The van der Waals surface area contributed by atoms with Crippen LogP contribution in [0.2, 0.25) is 0 Å². The zero-order valence-electron chi connectivity index (χ0n) is 12.8. The normalized spacial score (nSPS) is 12.0. The fourth-order valence-corrected chi connectivity index (χ4v) is 2.39. The molecule has 0 unspecified atom stereocenters. The number of benzene rings is 2. The third-order valence-electron chi connectivity index (χ3n) is 3.69. The molecule has 21 heavy (non-hydrogen) atoms. The van der Waals surface area contributed by atoms with E-state index in [-0.39, 0.29) is 0 Å². The zero-order chi connectivity index (χ0) is 14.8. The van der Waals surface area contributed by atoms with Gasteiger partial charge in [-0.1, -0.05) is 84.5 Å². The fourth-order valence-electron chi connectivity index (χ4n) is 2.39. The van der Waals surface area contributed by atoms with Crippen LogP contribution >= 0.6 is 0 Å². The molecule has 0 aliphatic carbocycles. The molecule has 0 heteroatoms. The minimum Gasteiger partial charge on any atom is -0.0844 e. The minimum atomic E-state index is 1.10. The van der Waals surface area contributed by atoms with Gasteiger partial charge in [-0.05, 0) is 43.7 Å². The number of allylic oxidation sites excluding steroid dienone is 4. The van der Waals surface area contributed by atoms with Gasteiger partial charge in [0.1, 0.15) is 0 Å². The van der Waals surface area contributed by atoms with Gasteiger partial charge in [-0.15, -0.1) is 0 Å². The molecule has 0 nitrogen and oxygen atoms in total. The van der Waals surface area contributed by atoms with Gasteiger partial charge in [0.25, 0.3) is 0 Å². The summed E-state index contributed by atoms with van der Waals surface area (Å²) in [6.45, 7) is 2.13. The highest BCUT2D eigenvalue weighted by atomic mass is 14.0. The van der Waals surface area contributed by atoms with Crippen molar-refractivity contribution in [3.8, 4) is 0 Å². The lowest BCUT2D eigenvalue weighted by Gasteiger charge is -2.03. The molecule has 0 aliphatic rings. The van der Waals surface area contributed by atoms with Gasteiger partial charge < -0.3 is 0 Å². The molecule has 0 bridgehead atoms. The second-order valence-electron chi connectivity index (χ2n) is 5.28. The van der Waals surface area contributed by atoms with E-state index in [9.17, 15) is 0 Å². The molecule has 0 amide bonds. The maximum Gasteiger partial charge on any atom is -0.0238 e. The topological polar surface area (TPSA) is 0 Å². The molecule has 2 rings (SSSR count). The Hall–Kier alpha value is -2.08. The molecule has 0 aliphatic heterocycles. The van der Waals surface area contributed by atoms with E-state index in [0.29, 0.717) is 0 Å². The number of hydrogen-bond acceptors (Lipinski definition) is 0. The van der Waals surface area contributed by atoms with E-state index in [1.165, 1.54) is 16.7 Å². The standard InChI is InChI=1S/C21H24/c1-2-19(17-18-21-14-7-4-8-15-21)11-9-10-16-20-12-5-3-6-13-20/h2-9,11-15H,10,16-18H2,1H3/b11-9+,19-2-. The monoisotopic (exact) mass is 276 g/mol. The van der Waals surface area contributed by atoms with Crippen molar-refractivity contribution >= 4 is 0 Å². The van der Waals surface area contributed by atoms with Gasteiger partial charge in [0, 0.05) is 0 Å². The Balaban J connectivity index is 1.76. The minimum absolute atomic E-state index is 1.10. The summed E-state index contributed by atoms with van der Waals surface area (Å²) in [7, 11) is 0. The molecule has 0 spiro atoms. The van der Waals surface area contributed by atoms with Gasteiger partial charge in [-0.3, -0.25) is 0 Å². The maximum absolute atomic E-state index is 2.30. The first kappa shape index (κ1) is 15.3. The average Bonchev–Trinajstić information content (AvgIpc) is 2.56. The maximum atomic E-state index is 2.30. The van der Waals surface area contributed by atoms with E-state index in [1.807, 2.05) is 0 Å². The highest BCUT2D eigenvalue weighted by Crippen LogP contribution is 2.11. The van der Waals surface area contributed by atoms with Crippen molar-refractivity contribution in [1.29, 1.82) is 0 Å². The van der Waals surface area contributed by atoms with E-state index < -0.39 is 0 Å². The van der Waals surface area contributed by atoms with Crippen LogP contribution in [0.25, 0.3) is 0 Å². The summed E-state index contributed by atoms with van der Waals surface area (Å²) in [6.07, 6.45) is 11.3. The molecule has 0 atom stereocenters. The summed E-state index contributed by atoms with van der Waals surface area (Å²) in [4.78, 5) is 0. The molecule has 0 N–H and O–H groups in total. The molecule has 0 saturated heterocycles. The lowest BCUT2D eigenvalue weighted by molar-refractivity contribution is 0.953. The van der Waals surface area contributed by atoms with Crippen LogP contribution in [0.4, 0.5) is 0 Å². The molecule has 2 aromatic carbocycles. The van der Waals surface area contributed by atoms with Crippen molar-refractivity contribution in [2.75, 3.05) is 0 Å². The number of hydrogen-bond donors (Lipinski definition) is 0. The third-order valence-corrected chi connectivity index (χ3v) is 3.69. The molecular formula is C21H24. The Kier molecular flexibility index (Phi) is 6.54. The van der Waals surface area contributed by atoms with Gasteiger partial charge in [0.2, 0.25) is 0 Å². The van der Waals surface area contributed by atoms with E-state index >= 15 is 0 Å². The second kappa shape index (κ2) is 8.97. The number of aryl methyl sites for hydroxylation is 2. The van der Waals surface area contributed by atoms with Crippen molar-refractivity contribution < 1.29 is 0 Å². The van der Waals surface area contributed by atoms with Crippen molar-refractivity contribution in [1.82, 2.24) is 0 Å². The molecule has 0 heterocycles. The summed E-state index contributed by atoms with van der Waals surface area (Å²) < 4.78 is 0. The molecule has 2 aromatic rings. The third kappa shape index (κ3) is 5.83.